The van der Waals surface area contributed by atoms with Crippen LogP contribution in [0.1, 0.15) is 26.2 Å². The van der Waals surface area contributed by atoms with Gasteiger partial charge in [-0.3, -0.25) is 4.79 Å². The van der Waals surface area contributed by atoms with E-state index in [2.05, 4.69) is 15.5 Å². The molecule has 2 rings (SSSR count). The zero-order valence-electron chi connectivity index (χ0n) is 11.6. The standard InChI is InChI=1S/C15H23N3O/c1-13(19)17-15-7-5-6-14(12-15)16-8-11-18-9-3-2-4-10-18/h5-7,12,16H,2-4,8-11H2,1H3,(H,17,19). The van der Waals surface area contributed by atoms with Crippen LogP contribution in [0.2, 0.25) is 0 Å². The van der Waals surface area contributed by atoms with Crippen molar-refractivity contribution in [3.63, 3.8) is 0 Å². The molecule has 0 radical (unpaired) electrons. The van der Waals surface area contributed by atoms with Crippen molar-refractivity contribution in [3.05, 3.63) is 24.3 Å². The Morgan fingerprint density at radius 2 is 1.95 bits per heavy atom. The van der Waals surface area contributed by atoms with Crippen LogP contribution < -0.4 is 10.6 Å². The van der Waals surface area contributed by atoms with E-state index in [1.807, 2.05) is 24.3 Å². The zero-order chi connectivity index (χ0) is 13.5. The third kappa shape index (κ3) is 4.91. The Kier molecular flexibility index (Phi) is 5.21. The van der Waals surface area contributed by atoms with Crippen molar-refractivity contribution in [2.45, 2.75) is 26.2 Å². The number of rotatable bonds is 5. The zero-order valence-corrected chi connectivity index (χ0v) is 11.6. The molecule has 0 aromatic heterocycles. The molecule has 19 heavy (non-hydrogen) atoms. The van der Waals surface area contributed by atoms with Crippen LogP contribution in [0.15, 0.2) is 24.3 Å². The Morgan fingerprint density at radius 3 is 2.68 bits per heavy atom. The summed E-state index contributed by atoms with van der Waals surface area (Å²) < 4.78 is 0. The molecule has 1 aliphatic rings. The lowest BCUT2D eigenvalue weighted by molar-refractivity contribution is -0.114. The van der Waals surface area contributed by atoms with Crippen molar-refractivity contribution in [2.75, 3.05) is 36.8 Å². The molecule has 0 unspecified atom stereocenters. The van der Waals surface area contributed by atoms with Gasteiger partial charge in [0, 0.05) is 31.4 Å². The van der Waals surface area contributed by atoms with E-state index in [1.165, 1.54) is 39.3 Å². The highest BCUT2D eigenvalue weighted by Gasteiger charge is 2.08. The quantitative estimate of drug-likeness (QED) is 0.856. The van der Waals surface area contributed by atoms with Gasteiger partial charge in [-0.25, -0.2) is 0 Å². The van der Waals surface area contributed by atoms with Crippen LogP contribution in [0, 0.1) is 0 Å². The summed E-state index contributed by atoms with van der Waals surface area (Å²) in [5.74, 6) is -0.0366. The summed E-state index contributed by atoms with van der Waals surface area (Å²) in [6.45, 7) is 6.02. The molecule has 0 spiro atoms. The van der Waals surface area contributed by atoms with E-state index in [1.54, 1.807) is 0 Å². The number of anilines is 2. The molecule has 1 amide bonds. The van der Waals surface area contributed by atoms with Crippen LogP contribution >= 0.6 is 0 Å². The number of likely N-dealkylation sites (tertiary alicyclic amines) is 1. The summed E-state index contributed by atoms with van der Waals surface area (Å²) in [7, 11) is 0. The molecule has 0 atom stereocenters. The number of carbonyl (C=O) groups is 1. The monoisotopic (exact) mass is 261 g/mol. The molecule has 0 saturated carbocycles. The van der Waals surface area contributed by atoms with Crippen LogP contribution in [0.25, 0.3) is 0 Å². The van der Waals surface area contributed by atoms with Gasteiger partial charge in [-0.05, 0) is 44.1 Å². The van der Waals surface area contributed by atoms with Gasteiger partial charge in [0.1, 0.15) is 0 Å². The minimum absolute atomic E-state index is 0.0366. The molecule has 1 aromatic carbocycles. The topological polar surface area (TPSA) is 44.4 Å². The van der Waals surface area contributed by atoms with Crippen molar-refractivity contribution < 1.29 is 4.79 Å². The maximum Gasteiger partial charge on any atom is 0.221 e. The van der Waals surface area contributed by atoms with E-state index in [0.29, 0.717) is 0 Å². The second-order valence-electron chi connectivity index (χ2n) is 5.09. The number of carbonyl (C=O) groups excluding carboxylic acids is 1. The highest BCUT2D eigenvalue weighted by Crippen LogP contribution is 2.15. The van der Waals surface area contributed by atoms with Crippen molar-refractivity contribution in [3.8, 4) is 0 Å². The lowest BCUT2D eigenvalue weighted by Gasteiger charge is -2.26. The summed E-state index contributed by atoms with van der Waals surface area (Å²) in [4.78, 5) is 13.5. The van der Waals surface area contributed by atoms with E-state index >= 15 is 0 Å². The van der Waals surface area contributed by atoms with Gasteiger partial charge in [0.25, 0.3) is 0 Å². The SMILES string of the molecule is CC(=O)Nc1cccc(NCCN2CCCCC2)c1. The maximum atomic E-state index is 11.0. The first-order valence-corrected chi connectivity index (χ1v) is 7.08. The number of hydrogen-bond donors (Lipinski definition) is 2. The smallest absolute Gasteiger partial charge is 0.221 e. The average molecular weight is 261 g/mol. The Hall–Kier alpha value is -1.55. The van der Waals surface area contributed by atoms with Crippen LogP contribution in [0.5, 0.6) is 0 Å². The first-order valence-electron chi connectivity index (χ1n) is 7.08. The normalized spacial score (nSPS) is 16.1. The number of hydrogen-bond acceptors (Lipinski definition) is 3. The van der Waals surface area contributed by atoms with E-state index in [4.69, 9.17) is 0 Å². The predicted octanol–water partition coefficient (Wildman–Crippen LogP) is 2.54. The molecule has 104 valence electrons. The lowest BCUT2D eigenvalue weighted by atomic mass is 10.1. The molecular weight excluding hydrogens is 238 g/mol. The molecule has 0 aliphatic carbocycles. The fraction of sp³-hybridized carbons (Fsp3) is 0.533. The number of benzene rings is 1. The number of nitrogens with zero attached hydrogens (tertiary/aromatic N) is 1. The minimum Gasteiger partial charge on any atom is -0.384 e. The van der Waals surface area contributed by atoms with Gasteiger partial charge in [0.2, 0.25) is 5.91 Å². The predicted molar refractivity (Wildman–Crippen MR) is 79.5 cm³/mol. The maximum absolute atomic E-state index is 11.0. The van der Waals surface area contributed by atoms with Crippen molar-refractivity contribution in [1.82, 2.24) is 4.90 Å². The van der Waals surface area contributed by atoms with Gasteiger partial charge in [-0.1, -0.05) is 12.5 Å². The second-order valence-corrected chi connectivity index (χ2v) is 5.09. The Bertz CT molecular complexity index is 414. The summed E-state index contributed by atoms with van der Waals surface area (Å²) in [5.41, 5.74) is 1.90. The third-order valence-electron chi connectivity index (χ3n) is 3.39. The van der Waals surface area contributed by atoms with Crippen molar-refractivity contribution in [1.29, 1.82) is 0 Å². The fourth-order valence-electron chi connectivity index (χ4n) is 2.45. The molecule has 2 N–H and O–H groups in total. The summed E-state index contributed by atoms with van der Waals surface area (Å²) in [6.07, 6.45) is 4.04. The molecule has 4 heteroatoms. The van der Waals surface area contributed by atoms with E-state index in [-0.39, 0.29) is 5.91 Å². The summed E-state index contributed by atoms with van der Waals surface area (Å²) >= 11 is 0. The van der Waals surface area contributed by atoms with Gasteiger partial charge in [-0.2, -0.15) is 0 Å². The molecule has 4 nitrogen and oxygen atoms in total. The van der Waals surface area contributed by atoms with E-state index in [0.717, 1.165) is 24.5 Å². The Labute approximate surface area is 115 Å². The summed E-state index contributed by atoms with van der Waals surface area (Å²) in [5, 5.41) is 6.21. The van der Waals surface area contributed by atoms with Crippen molar-refractivity contribution in [2.24, 2.45) is 0 Å². The lowest BCUT2D eigenvalue weighted by Crippen LogP contribution is -2.33. The van der Waals surface area contributed by atoms with Gasteiger partial charge >= 0.3 is 0 Å². The molecule has 1 aromatic rings. The third-order valence-corrected chi connectivity index (χ3v) is 3.39. The minimum atomic E-state index is -0.0366. The van der Waals surface area contributed by atoms with Gasteiger partial charge in [0.15, 0.2) is 0 Å². The second kappa shape index (κ2) is 7.14. The summed E-state index contributed by atoms with van der Waals surface area (Å²) in [6, 6.07) is 7.85. The number of amides is 1. The molecule has 1 aliphatic heterocycles. The van der Waals surface area contributed by atoms with Crippen LogP contribution in [0.4, 0.5) is 11.4 Å². The van der Waals surface area contributed by atoms with Gasteiger partial charge in [0.05, 0.1) is 0 Å². The van der Waals surface area contributed by atoms with Gasteiger partial charge < -0.3 is 15.5 Å². The number of nitrogens with one attached hydrogen (secondary N) is 2. The molecule has 1 heterocycles. The highest BCUT2D eigenvalue weighted by molar-refractivity contribution is 5.89. The first kappa shape index (κ1) is 13.9. The Morgan fingerprint density at radius 1 is 1.21 bits per heavy atom. The number of piperidine rings is 1. The molecule has 1 fully saturated rings. The van der Waals surface area contributed by atoms with E-state index < -0.39 is 0 Å². The highest BCUT2D eigenvalue weighted by atomic mass is 16.1. The van der Waals surface area contributed by atoms with Crippen LogP contribution in [-0.2, 0) is 4.79 Å². The fourth-order valence-corrected chi connectivity index (χ4v) is 2.45. The first-order chi connectivity index (χ1) is 9.24. The van der Waals surface area contributed by atoms with Gasteiger partial charge in [-0.15, -0.1) is 0 Å². The van der Waals surface area contributed by atoms with Crippen molar-refractivity contribution >= 4 is 17.3 Å². The molecule has 1 saturated heterocycles. The Balaban J connectivity index is 1.77. The largest absolute Gasteiger partial charge is 0.384 e. The van der Waals surface area contributed by atoms with Crippen LogP contribution in [0.3, 0.4) is 0 Å². The van der Waals surface area contributed by atoms with Crippen LogP contribution in [-0.4, -0.2) is 37.0 Å². The van der Waals surface area contributed by atoms with E-state index in [9.17, 15) is 4.79 Å². The molecule has 0 bridgehead atoms. The average Bonchev–Trinajstić information content (AvgIpc) is 2.40. The molecular formula is C15H23N3O.